The van der Waals surface area contributed by atoms with Crippen molar-refractivity contribution in [1.82, 2.24) is 5.32 Å². The minimum Gasteiger partial charge on any atom is -0.507 e. The number of aromatic hydroxyl groups is 1. The summed E-state index contributed by atoms with van der Waals surface area (Å²) in [7, 11) is 1.50. The summed E-state index contributed by atoms with van der Waals surface area (Å²) in [4.78, 5) is 12.6. The van der Waals surface area contributed by atoms with Crippen molar-refractivity contribution in [3.05, 3.63) is 59.7 Å². The van der Waals surface area contributed by atoms with Gasteiger partial charge in [0.2, 0.25) is 0 Å². The van der Waals surface area contributed by atoms with E-state index in [-0.39, 0.29) is 22.6 Å². The van der Waals surface area contributed by atoms with Crippen molar-refractivity contribution in [2.24, 2.45) is 0 Å². The van der Waals surface area contributed by atoms with Crippen molar-refractivity contribution < 1.29 is 14.6 Å². The first-order valence-corrected chi connectivity index (χ1v) is 9.36. The fourth-order valence-electron chi connectivity index (χ4n) is 4.12. The van der Waals surface area contributed by atoms with E-state index in [1.54, 1.807) is 12.1 Å². The molecule has 4 heteroatoms. The van der Waals surface area contributed by atoms with Gasteiger partial charge < -0.3 is 15.2 Å². The predicted octanol–water partition coefficient (Wildman–Crippen LogP) is 4.42. The molecule has 138 valence electrons. The zero-order valence-corrected chi connectivity index (χ0v) is 15.3. The molecule has 0 saturated heterocycles. The Labute approximate surface area is 155 Å². The van der Waals surface area contributed by atoms with Gasteiger partial charge in [0.1, 0.15) is 17.1 Å². The monoisotopic (exact) mass is 353 g/mol. The lowest BCUT2D eigenvalue weighted by Gasteiger charge is -2.38. The van der Waals surface area contributed by atoms with Gasteiger partial charge >= 0.3 is 0 Å². The van der Waals surface area contributed by atoms with Crippen molar-refractivity contribution >= 4 is 5.91 Å². The summed E-state index contributed by atoms with van der Waals surface area (Å²) in [6.45, 7) is 0.575. The van der Waals surface area contributed by atoms with Crippen molar-refractivity contribution in [3.8, 4) is 11.5 Å². The molecule has 0 spiro atoms. The number of hydrogen-bond donors (Lipinski definition) is 2. The number of carbonyl (C=O) groups is 1. The topological polar surface area (TPSA) is 58.6 Å². The van der Waals surface area contributed by atoms with Crippen LogP contribution in [0.3, 0.4) is 0 Å². The van der Waals surface area contributed by atoms with Crippen LogP contribution in [0, 0.1) is 0 Å². The van der Waals surface area contributed by atoms with Crippen LogP contribution in [0.2, 0.25) is 0 Å². The van der Waals surface area contributed by atoms with Crippen LogP contribution in [0.4, 0.5) is 0 Å². The van der Waals surface area contributed by atoms with Crippen molar-refractivity contribution in [2.75, 3.05) is 13.7 Å². The first-order chi connectivity index (χ1) is 12.7. The molecule has 0 heterocycles. The van der Waals surface area contributed by atoms with Crippen LogP contribution in [0.5, 0.6) is 11.5 Å². The smallest absolute Gasteiger partial charge is 0.258 e. The van der Waals surface area contributed by atoms with Gasteiger partial charge in [0.15, 0.2) is 0 Å². The van der Waals surface area contributed by atoms with E-state index in [0.717, 1.165) is 19.3 Å². The number of methoxy groups -OCH3 is 1. The second-order valence-corrected chi connectivity index (χ2v) is 7.07. The van der Waals surface area contributed by atoms with E-state index in [2.05, 4.69) is 29.6 Å². The van der Waals surface area contributed by atoms with Gasteiger partial charge in [-0.3, -0.25) is 4.79 Å². The zero-order valence-electron chi connectivity index (χ0n) is 15.3. The highest BCUT2D eigenvalue weighted by Gasteiger charge is 2.33. The Kier molecular flexibility index (Phi) is 5.82. The average molecular weight is 353 g/mol. The molecule has 2 aromatic rings. The molecule has 2 aromatic carbocycles. The number of ether oxygens (including phenoxy) is 1. The molecule has 0 unspecified atom stereocenters. The summed E-state index contributed by atoms with van der Waals surface area (Å²) in [6, 6.07) is 15.5. The van der Waals surface area contributed by atoms with Crippen LogP contribution >= 0.6 is 0 Å². The Bertz CT molecular complexity index is 736. The molecule has 4 nitrogen and oxygen atoms in total. The first-order valence-electron chi connectivity index (χ1n) is 9.36. The van der Waals surface area contributed by atoms with Crippen LogP contribution < -0.4 is 10.1 Å². The van der Waals surface area contributed by atoms with E-state index in [0.29, 0.717) is 12.3 Å². The summed E-state index contributed by atoms with van der Waals surface area (Å²) in [5, 5.41) is 13.0. The Hall–Kier alpha value is -2.49. The van der Waals surface area contributed by atoms with E-state index in [9.17, 15) is 9.90 Å². The lowest BCUT2D eigenvalue weighted by molar-refractivity contribution is 0.0942. The van der Waals surface area contributed by atoms with Crippen molar-refractivity contribution in [3.63, 3.8) is 0 Å². The lowest BCUT2D eigenvalue weighted by Crippen LogP contribution is -2.35. The summed E-state index contributed by atoms with van der Waals surface area (Å²) in [6.07, 6.45) is 6.97. The summed E-state index contributed by atoms with van der Waals surface area (Å²) < 4.78 is 5.21. The Morgan fingerprint density at radius 2 is 1.81 bits per heavy atom. The third-order valence-electron chi connectivity index (χ3n) is 5.54. The van der Waals surface area contributed by atoms with E-state index in [1.807, 2.05) is 6.07 Å². The molecule has 26 heavy (non-hydrogen) atoms. The summed E-state index contributed by atoms with van der Waals surface area (Å²) in [5.41, 5.74) is 1.71. The lowest BCUT2D eigenvalue weighted by atomic mass is 9.67. The molecule has 3 rings (SSSR count). The van der Waals surface area contributed by atoms with Crippen LogP contribution in [0.15, 0.2) is 48.5 Å². The van der Waals surface area contributed by atoms with E-state index < -0.39 is 0 Å². The van der Waals surface area contributed by atoms with E-state index >= 15 is 0 Å². The number of amides is 1. The van der Waals surface area contributed by atoms with Gasteiger partial charge in [-0.25, -0.2) is 0 Å². The van der Waals surface area contributed by atoms with Crippen LogP contribution in [0.25, 0.3) is 0 Å². The van der Waals surface area contributed by atoms with E-state index in [1.165, 1.54) is 38.0 Å². The number of benzene rings is 2. The molecule has 1 aliphatic rings. The van der Waals surface area contributed by atoms with Crippen LogP contribution in [-0.2, 0) is 5.41 Å². The molecule has 0 aromatic heterocycles. The zero-order chi connectivity index (χ0) is 18.4. The Morgan fingerprint density at radius 3 is 2.50 bits per heavy atom. The first kappa shape index (κ1) is 18.3. The van der Waals surface area contributed by atoms with Gasteiger partial charge in [0.05, 0.1) is 7.11 Å². The van der Waals surface area contributed by atoms with Gasteiger partial charge in [0, 0.05) is 6.54 Å². The van der Waals surface area contributed by atoms with Crippen LogP contribution in [0.1, 0.15) is 54.4 Å². The standard InChI is InChI=1S/C22H27NO3/c1-26-19-12-8-11-18(24)20(19)21(25)23-16-15-22(13-6-3-7-14-22)17-9-4-2-5-10-17/h2,4-5,8-12,24H,3,6-7,13-16H2,1H3,(H,23,25). The normalized spacial score (nSPS) is 16.0. The van der Waals surface area contributed by atoms with E-state index in [4.69, 9.17) is 4.74 Å². The predicted molar refractivity (Wildman–Crippen MR) is 103 cm³/mol. The molecule has 0 bridgehead atoms. The third kappa shape index (κ3) is 3.85. The van der Waals surface area contributed by atoms with Gasteiger partial charge in [-0.1, -0.05) is 55.7 Å². The molecule has 1 fully saturated rings. The quantitative estimate of drug-likeness (QED) is 0.808. The number of carbonyl (C=O) groups excluding carboxylic acids is 1. The molecule has 1 saturated carbocycles. The molecule has 1 aliphatic carbocycles. The van der Waals surface area contributed by atoms with Crippen molar-refractivity contribution in [2.45, 2.75) is 43.9 Å². The average Bonchev–Trinajstić information content (AvgIpc) is 2.69. The maximum absolute atomic E-state index is 12.6. The minimum atomic E-state index is -0.293. The number of rotatable bonds is 6. The van der Waals surface area contributed by atoms with Gasteiger partial charge in [-0.2, -0.15) is 0 Å². The molecular weight excluding hydrogens is 326 g/mol. The molecule has 0 aliphatic heterocycles. The molecule has 0 radical (unpaired) electrons. The number of nitrogens with one attached hydrogen (secondary N) is 1. The minimum absolute atomic E-state index is 0.0581. The maximum atomic E-state index is 12.6. The molecule has 1 amide bonds. The largest absolute Gasteiger partial charge is 0.507 e. The summed E-state index contributed by atoms with van der Waals surface area (Å²) >= 11 is 0. The molecular formula is C22H27NO3. The van der Waals surface area contributed by atoms with Gasteiger partial charge in [-0.05, 0) is 42.4 Å². The van der Waals surface area contributed by atoms with Crippen molar-refractivity contribution in [1.29, 1.82) is 0 Å². The highest BCUT2D eigenvalue weighted by molar-refractivity contribution is 5.99. The number of phenols is 1. The maximum Gasteiger partial charge on any atom is 0.258 e. The second-order valence-electron chi connectivity index (χ2n) is 7.07. The Morgan fingerprint density at radius 1 is 1.08 bits per heavy atom. The number of phenolic OH excluding ortho intramolecular Hbond substituents is 1. The SMILES string of the molecule is COc1cccc(O)c1C(=O)NCCC1(c2ccccc2)CCCCC1. The highest BCUT2D eigenvalue weighted by Crippen LogP contribution is 2.42. The summed E-state index contributed by atoms with van der Waals surface area (Å²) in [5.74, 6) is 0.0363. The number of hydrogen-bond acceptors (Lipinski definition) is 3. The third-order valence-corrected chi connectivity index (χ3v) is 5.54. The fraction of sp³-hybridized carbons (Fsp3) is 0.409. The Balaban J connectivity index is 1.70. The second kappa shape index (κ2) is 8.26. The highest BCUT2D eigenvalue weighted by atomic mass is 16.5. The fourth-order valence-corrected chi connectivity index (χ4v) is 4.12. The molecule has 0 atom stereocenters. The molecule has 2 N–H and O–H groups in total. The van der Waals surface area contributed by atoms with Crippen LogP contribution in [-0.4, -0.2) is 24.7 Å². The van der Waals surface area contributed by atoms with Gasteiger partial charge in [-0.15, -0.1) is 0 Å². The van der Waals surface area contributed by atoms with Gasteiger partial charge in [0.25, 0.3) is 5.91 Å².